The molecule has 11 heteroatoms. The lowest BCUT2D eigenvalue weighted by molar-refractivity contribution is -0.139. The van der Waals surface area contributed by atoms with E-state index in [9.17, 15) is 14.4 Å². The SMILES string of the molecule is COC(=O)CNC(=O)OCn1c(=O)ccc2ccc(OCCCCN3CCN(c4cccc5sccc45)CC3)cc21. The summed E-state index contributed by atoms with van der Waals surface area (Å²) in [5.41, 5.74) is 1.61. The van der Waals surface area contributed by atoms with E-state index in [-0.39, 0.29) is 18.8 Å². The molecule has 1 N–H and O–H groups in total. The topological polar surface area (TPSA) is 102 Å². The quantitative estimate of drug-likeness (QED) is 0.210. The highest BCUT2D eigenvalue weighted by atomic mass is 32.1. The number of thiophene rings is 1. The van der Waals surface area contributed by atoms with Crippen molar-refractivity contribution >= 4 is 50.1 Å². The molecule has 10 nitrogen and oxygen atoms in total. The van der Waals surface area contributed by atoms with E-state index in [4.69, 9.17) is 9.47 Å². The number of amides is 1. The van der Waals surface area contributed by atoms with Gasteiger partial charge in [0.05, 0.1) is 19.2 Å². The van der Waals surface area contributed by atoms with Crippen LogP contribution in [-0.2, 0) is 21.0 Å². The summed E-state index contributed by atoms with van der Waals surface area (Å²) in [4.78, 5) is 40.6. The number of alkyl carbamates (subject to hydrolysis) is 1. The molecule has 0 bridgehead atoms. The number of carbonyl (C=O) groups is 2. The third kappa shape index (κ3) is 7.17. The molecule has 1 aliphatic rings. The zero-order chi connectivity index (χ0) is 28.6. The van der Waals surface area contributed by atoms with Crippen molar-refractivity contribution in [2.24, 2.45) is 0 Å². The van der Waals surface area contributed by atoms with Gasteiger partial charge in [-0.2, -0.15) is 0 Å². The van der Waals surface area contributed by atoms with Crippen molar-refractivity contribution in [3.05, 3.63) is 70.3 Å². The lowest BCUT2D eigenvalue weighted by Crippen LogP contribution is -2.46. The van der Waals surface area contributed by atoms with Gasteiger partial charge in [0.2, 0.25) is 0 Å². The lowest BCUT2D eigenvalue weighted by atomic mass is 10.2. The zero-order valence-corrected chi connectivity index (χ0v) is 23.9. The fourth-order valence-electron chi connectivity index (χ4n) is 4.98. The number of anilines is 1. The van der Waals surface area contributed by atoms with E-state index in [1.807, 2.05) is 12.1 Å². The fourth-order valence-corrected chi connectivity index (χ4v) is 5.78. The summed E-state index contributed by atoms with van der Waals surface area (Å²) in [6, 6.07) is 17.4. The van der Waals surface area contributed by atoms with Crippen LogP contribution in [0.15, 0.2) is 64.8 Å². The monoisotopic (exact) mass is 578 g/mol. The number of rotatable bonds is 11. The number of ether oxygens (including phenoxy) is 3. The Balaban J connectivity index is 1.07. The number of unbranched alkanes of at least 4 members (excludes halogenated alkanes) is 1. The average Bonchev–Trinajstić information content (AvgIpc) is 3.49. The van der Waals surface area contributed by atoms with E-state index < -0.39 is 12.1 Å². The Morgan fingerprint density at radius 1 is 1.00 bits per heavy atom. The molecule has 41 heavy (non-hydrogen) atoms. The molecule has 0 saturated carbocycles. The van der Waals surface area contributed by atoms with Crippen molar-refractivity contribution in [2.75, 3.05) is 57.9 Å². The predicted octanol–water partition coefficient (Wildman–Crippen LogP) is 4.05. The van der Waals surface area contributed by atoms with Crippen LogP contribution in [0.3, 0.4) is 0 Å². The third-order valence-electron chi connectivity index (χ3n) is 7.22. The van der Waals surface area contributed by atoms with Gasteiger partial charge in [-0.3, -0.25) is 19.1 Å². The molecule has 0 unspecified atom stereocenters. The van der Waals surface area contributed by atoms with E-state index in [2.05, 4.69) is 49.5 Å². The second-order valence-corrected chi connectivity index (χ2v) is 10.8. The second-order valence-electron chi connectivity index (χ2n) is 9.80. The highest BCUT2D eigenvalue weighted by Crippen LogP contribution is 2.31. The maximum Gasteiger partial charge on any atom is 0.409 e. The number of carbonyl (C=O) groups excluding carboxylic acids is 2. The van der Waals surface area contributed by atoms with Gasteiger partial charge in [-0.25, -0.2) is 4.79 Å². The van der Waals surface area contributed by atoms with Crippen LogP contribution in [0, 0.1) is 0 Å². The van der Waals surface area contributed by atoms with Crippen LogP contribution >= 0.6 is 11.3 Å². The predicted molar refractivity (Wildman–Crippen MR) is 160 cm³/mol. The molecule has 4 aromatic rings. The lowest BCUT2D eigenvalue weighted by Gasteiger charge is -2.36. The smallest absolute Gasteiger partial charge is 0.409 e. The van der Waals surface area contributed by atoms with E-state index >= 15 is 0 Å². The average molecular weight is 579 g/mol. The van der Waals surface area contributed by atoms with Crippen LogP contribution in [-0.4, -0.2) is 74.5 Å². The largest absolute Gasteiger partial charge is 0.494 e. The Kier molecular flexibility index (Phi) is 9.37. The molecule has 1 aliphatic heterocycles. The van der Waals surface area contributed by atoms with Crippen molar-refractivity contribution in [2.45, 2.75) is 19.6 Å². The number of hydrogen-bond acceptors (Lipinski definition) is 9. The number of pyridine rings is 1. The number of fused-ring (bicyclic) bond motifs is 2. The number of aromatic nitrogens is 1. The van der Waals surface area contributed by atoms with E-state index in [1.165, 1.54) is 33.5 Å². The van der Waals surface area contributed by atoms with Crippen LogP contribution in [0.5, 0.6) is 5.75 Å². The van der Waals surface area contributed by atoms with Crippen LogP contribution in [0.1, 0.15) is 12.8 Å². The van der Waals surface area contributed by atoms with Gasteiger partial charge in [0, 0.05) is 54.1 Å². The molecular formula is C30H34N4O6S. The van der Waals surface area contributed by atoms with Crippen LogP contribution in [0.25, 0.3) is 21.0 Å². The van der Waals surface area contributed by atoms with Crippen molar-refractivity contribution in [1.29, 1.82) is 0 Å². The molecule has 1 fully saturated rings. The summed E-state index contributed by atoms with van der Waals surface area (Å²) >= 11 is 1.79. The maximum absolute atomic E-state index is 12.5. The summed E-state index contributed by atoms with van der Waals surface area (Å²) in [5.74, 6) is 0.0414. The molecule has 0 aliphatic carbocycles. The summed E-state index contributed by atoms with van der Waals surface area (Å²) in [7, 11) is 1.22. The summed E-state index contributed by atoms with van der Waals surface area (Å²) < 4.78 is 18.3. The van der Waals surface area contributed by atoms with Gasteiger partial charge in [-0.1, -0.05) is 6.07 Å². The summed E-state index contributed by atoms with van der Waals surface area (Å²) in [6.07, 6.45) is 1.12. The first-order valence-electron chi connectivity index (χ1n) is 13.7. The van der Waals surface area contributed by atoms with E-state index in [1.54, 1.807) is 23.5 Å². The van der Waals surface area contributed by atoms with Gasteiger partial charge < -0.3 is 24.4 Å². The first-order chi connectivity index (χ1) is 20.0. The number of methoxy groups -OCH3 is 1. The van der Waals surface area contributed by atoms with Crippen molar-refractivity contribution in [3.63, 3.8) is 0 Å². The molecule has 2 aromatic heterocycles. The molecule has 0 spiro atoms. The van der Waals surface area contributed by atoms with Crippen molar-refractivity contribution in [3.8, 4) is 5.75 Å². The molecule has 1 saturated heterocycles. The fraction of sp³-hybridized carbons (Fsp3) is 0.367. The normalized spacial score (nSPS) is 13.8. The Morgan fingerprint density at radius 3 is 2.66 bits per heavy atom. The minimum absolute atomic E-state index is 0.303. The molecule has 5 rings (SSSR count). The summed E-state index contributed by atoms with van der Waals surface area (Å²) in [5, 5.41) is 6.60. The van der Waals surface area contributed by atoms with Crippen molar-refractivity contribution in [1.82, 2.24) is 14.8 Å². The highest BCUT2D eigenvalue weighted by Gasteiger charge is 2.18. The van der Waals surface area contributed by atoms with Crippen molar-refractivity contribution < 1.29 is 23.8 Å². The molecule has 3 heterocycles. The van der Waals surface area contributed by atoms with Gasteiger partial charge in [0.25, 0.3) is 5.56 Å². The molecule has 216 valence electrons. The Hall–Kier alpha value is -4.09. The number of piperazine rings is 1. The van der Waals surface area contributed by atoms with E-state index in [0.717, 1.165) is 51.0 Å². The van der Waals surface area contributed by atoms with E-state index in [0.29, 0.717) is 17.9 Å². The molecule has 2 aromatic carbocycles. The maximum atomic E-state index is 12.5. The van der Waals surface area contributed by atoms with Gasteiger partial charge in [0.15, 0.2) is 6.73 Å². The molecule has 1 amide bonds. The second kappa shape index (κ2) is 13.5. The first kappa shape index (κ1) is 28.4. The standard InChI is InChI=1S/C30H34N4O6S/c1-38-29(36)20-31-30(37)40-21-34-26-19-23(9-7-22(26)8-10-28(34)35)39-17-3-2-12-32-13-15-33(16-14-32)25-5-4-6-27-24(25)11-18-41-27/h4-11,18-19H,2-3,12-17,20-21H2,1H3,(H,31,37). The number of nitrogens with zero attached hydrogens (tertiary/aromatic N) is 3. The van der Waals surface area contributed by atoms with Crippen LogP contribution in [0.2, 0.25) is 0 Å². The number of nitrogens with one attached hydrogen (secondary N) is 1. The highest BCUT2D eigenvalue weighted by molar-refractivity contribution is 7.17. The number of hydrogen-bond donors (Lipinski definition) is 1. The third-order valence-corrected chi connectivity index (χ3v) is 8.10. The minimum atomic E-state index is -0.826. The molecule has 0 atom stereocenters. The number of esters is 1. The Bertz CT molecular complexity index is 1560. The zero-order valence-electron chi connectivity index (χ0n) is 23.0. The van der Waals surface area contributed by atoms with Gasteiger partial charge >= 0.3 is 12.1 Å². The van der Waals surface area contributed by atoms with Crippen LogP contribution in [0.4, 0.5) is 10.5 Å². The molecular weight excluding hydrogens is 544 g/mol. The first-order valence-corrected chi connectivity index (χ1v) is 14.6. The minimum Gasteiger partial charge on any atom is -0.494 e. The van der Waals surface area contributed by atoms with Gasteiger partial charge in [0.1, 0.15) is 12.3 Å². The summed E-state index contributed by atoms with van der Waals surface area (Å²) in [6.45, 7) is 5.13. The Morgan fingerprint density at radius 2 is 1.83 bits per heavy atom. The van der Waals surface area contributed by atoms with Gasteiger partial charge in [-0.15, -0.1) is 11.3 Å². The number of benzene rings is 2. The van der Waals surface area contributed by atoms with Crippen LogP contribution < -0.4 is 20.5 Å². The van der Waals surface area contributed by atoms with Gasteiger partial charge in [-0.05, 0) is 66.6 Å². The molecule has 0 radical (unpaired) electrons. The Labute approximate surface area is 242 Å².